The van der Waals surface area contributed by atoms with Gasteiger partial charge in [-0.1, -0.05) is 0 Å². The maximum absolute atomic E-state index is 13.1. The van der Waals surface area contributed by atoms with Gasteiger partial charge in [0, 0.05) is 31.4 Å². The van der Waals surface area contributed by atoms with E-state index >= 15 is 0 Å². The van der Waals surface area contributed by atoms with Gasteiger partial charge in [0.2, 0.25) is 5.91 Å². The van der Waals surface area contributed by atoms with E-state index in [2.05, 4.69) is 5.32 Å². The molecule has 0 bridgehead atoms. The lowest BCUT2D eigenvalue weighted by Crippen LogP contribution is -2.52. The van der Waals surface area contributed by atoms with Crippen molar-refractivity contribution in [2.24, 2.45) is 5.41 Å². The molecule has 0 unspecified atom stereocenters. The minimum absolute atomic E-state index is 0.226. The summed E-state index contributed by atoms with van der Waals surface area (Å²) >= 11 is 0.750. The number of rotatable bonds is 5. The Labute approximate surface area is 155 Å². The molecule has 2 heterocycles. The number of nitrogens with one attached hydrogen (secondary N) is 1. The normalized spacial score (nSPS) is 18.6. The van der Waals surface area contributed by atoms with E-state index in [1.54, 1.807) is 0 Å². The Bertz CT molecular complexity index is 787. The zero-order valence-electron chi connectivity index (χ0n) is 13.9. The van der Waals surface area contributed by atoms with Crippen molar-refractivity contribution in [3.05, 3.63) is 17.0 Å². The molecule has 1 amide bonds. The highest BCUT2D eigenvalue weighted by atomic mass is 32.2. The fourth-order valence-corrected chi connectivity index (χ4v) is 5.73. The molecule has 0 saturated carbocycles. The van der Waals surface area contributed by atoms with Gasteiger partial charge >= 0.3 is 12.4 Å². The maximum atomic E-state index is 13.1. The predicted molar refractivity (Wildman–Crippen MR) is 84.6 cm³/mol. The Morgan fingerprint density at radius 1 is 1.22 bits per heavy atom. The zero-order valence-corrected chi connectivity index (χ0v) is 15.6. The molecule has 1 aliphatic heterocycles. The van der Waals surface area contributed by atoms with E-state index in [1.807, 2.05) is 0 Å². The van der Waals surface area contributed by atoms with E-state index in [4.69, 9.17) is 0 Å². The summed E-state index contributed by atoms with van der Waals surface area (Å²) in [6.07, 6.45) is -12.3. The summed E-state index contributed by atoms with van der Waals surface area (Å²) < 4.78 is 104. The minimum atomic E-state index is -5.62. The summed E-state index contributed by atoms with van der Waals surface area (Å²) in [7, 11) is -4.49. The Morgan fingerprint density at radius 2 is 1.81 bits per heavy atom. The standard InChI is InChI=1S/C14H16F6N2O3S2/c1-9(23)21-6-4-10-2-3-11(26-10)27(24,25)22-7-5-12(8-22,13(15,16)17)14(18,19)20/h2-3H,4-8H2,1H3,(H,21,23). The fourth-order valence-electron chi connectivity index (χ4n) is 2.72. The predicted octanol–water partition coefficient (Wildman–Crippen LogP) is 2.93. The molecule has 1 saturated heterocycles. The van der Waals surface area contributed by atoms with Crippen LogP contribution in [-0.2, 0) is 21.2 Å². The Kier molecular flexibility index (Phi) is 5.89. The van der Waals surface area contributed by atoms with Crippen LogP contribution >= 0.6 is 11.3 Å². The fraction of sp³-hybridized carbons (Fsp3) is 0.643. The molecule has 0 aliphatic carbocycles. The number of nitrogens with zero attached hydrogens (tertiary/aromatic N) is 1. The van der Waals surface area contributed by atoms with Gasteiger partial charge in [-0.25, -0.2) is 8.42 Å². The molecule has 13 heteroatoms. The molecular weight excluding hydrogens is 422 g/mol. The van der Waals surface area contributed by atoms with Crippen molar-refractivity contribution in [3.63, 3.8) is 0 Å². The molecule has 1 aromatic rings. The Balaban J connectivity index is 2.21. The first-order chi connectivity index (χ1) is 12.2. The first kappa shape index (κ1) is 22.0. The molecule has 1 N–H and O–H groups in total. The molecule has 1 aromatic heterocycles. The highest BCUT2D eigenvalue weighted by Crippen LogP contribution is 2.56. The van der Waals surface area contributed by atoms with Crippen LogP contribution in [0.5, 0.6) is 0 Å². The van der Waals surface area contributed by atoms with Gasteiger partial charge < -0.3 is 5.32 Å². The van der Waals surface area contributed by atoms with Crippen molar-refractivity contribution >= 4 is 27.3 Å². The second-order valence-electron chi connectivity index (χ2n) is 6.12. The topological polar surface area (TPSA) is 66.5 Å². The molecular formula is C14H16F6N2O3S2. The average molecular weight is 438 g/mol. The quantitative estimate of drug-likeness (QED) is 0.719. The van der Waals surface area contributed by atoms with Crippen LogP contribution in [0.4, 0.5) is 26.3 Å². The van der Waals surface area contributed by atoms with E-state index in [0.717, 1.165) is 17.4 Å². The highest BCUT2D eigenvalue weighted by molar-refractivity contribution is 7.91. The SMILES string of the molecule is CC(=O)NCCc1ccc(S(=O)(=O)N2CCC(C(F)(F)F)(C(F)(F)F)C2)s1. The van der Waals surface area contributed by atoms with Gasteiger partial charge in [0.05, 0.1) is 0 Å². The van der Waals surface area contributed by atoms with Gasteiger partial charge in [-0.15, -0.1) is 11.3 Å². The molecule has 27 heavy (non-hydrogen) atoms. The third-order valence-electron chi connectivity index (χ3n) is 4.30. The van der Waals surface area contributed by atoms with E-state index in [-0.39, 0.29) is 27.4 Å². The molecule has 154 valence electrons. The van der Waals surface area contributed by atoms with Gasteiger partial charge in [0.1, 0.15) is 4.21 Å². The molecule has 0 spiro atoms. The van der Waals surface area contributed by atoms with Gasteiger partial charge in [-0.3, -0.25) is 4.79 Å². The van der Waals surface area contributed by atoms with Crippen LogP contribution < -0.4 is 5.32 Å². The largest absolute Gasteiger partial charge is 0.404 e. The second-order valence-corrected chi connectivity index (χ2v) is 9.45. The summed E-state index contributed by atoms with van der Waals surface area (Å²) in [6.45, 7) is -1.04. The lowest BCUT2D eigenvalue weighted by atomic mass is 9.85. The van der Waals surface area contributed by atoms with Crippen LogP contribution in [0.2, 0.25) is 0 Å². The van der Waals surface area contributed by atoms with Gasteiger partial charge in [0.15, 0.2) is 5.41 Å². The molecule has 0 atom stereocenters. The van der Waals surface area contributed by atoms with Gasteiger partial charge in [0.25, 0.3) is 10.0 Å². The first-order valence-electron chi connectivity index (χ1n) is 7.67. The summed E-state index contributed by atoms with van der Waals surface area (Å²) in [6, 6.07) is 2.56. The lowest BCUT2D eigenvalue weighted by Gasteiger charge is -2.33. The van der Waals surface area contributed by atoms with Gasteiger partial charge in [-0.2, -0.15) is 30.6 Å². The number of alkyl halides is 6. The summed E-state index contributed by atoms with van der Waals surface area (Å²) in [5.74, 6) is -0.285. The third kappa shape index (κ3) is 4.24. The van der Waals surface area contributed by atoms with Crippen molar-refractivity contribution in [2.75, 3.05) is 19.6 Å². The van der Waals surface area contributed by atoms with E-state index in [9.17, 15) is 39.6 Å². The second kappa shape index (κ2) is 7.24. The highest BCUT2D eigenvalue weighted by Gasteiger charge is 2.73. The molecule has 1 aliphatic rings. The Morgan fingerprint density at radius 3 is 2.30 bits per heavy atom. The minimum Gasteiger partial charge on any atom is -0.356 e. The average Bonchev–Trinajstić information content (AvgIpc) is 3.13. The number of carbonyl (C=O) groups is 1. The molecule has 0 radical (unpaired) electrons. The number of carbonyl (C=O) groups excluding carboxylic acids is 1. The third-order valence-corrected chi connectivity index (χ3v) is 7.75. The number of amides is 1. The number of halogens is 6. The monoisotopic (exact) mass is 438 g/mol. The molecule has 2 rings (SSSR count). The van der Waals surface area contributed by atoms with Crippen LogP contribution in [0.25, 0.3) is 0 Å². The van der Waals surface area contributed by atoms with Gasteiger partial charge in [-0.05, 0) is 25.0 Å². The number of thiophene rings is 1. The summed E-state index contributed by atoms with van der Waals surface area (Å²) in [5.41, 5.74) is -4.07. The van der Waals surface area contributed by atoms with Crippen molar-refractivity contribution in [2.45, 2.75) is 36.3 Å². The molecule has 5 nitrogen and oxygen atoms in total. The van der Waals surface area contributed by atoms with Crippen LogP contribution in [0.1, 0.15) is 18.2 Å². The summed E-state index contributed by atoms with van der Waals surface area (Å²) in [4.78, 5) is 11.3. The maximum Gasteiger partial charge on any atom is 0.404 e. The van der Waals surface area contributed by atoms with Crippen LogP contribution in [-0.4, -0.2) is 50.6 Å². The number of hydrogen-bond donors (Lipinski definition) is 1. The van der Waals surface area contributed by atoms with E-state index < -0.39 is 47.3 Å². The van der Waals surface area contributed by atoms with Crippen molar-refractivity contribution in [1.82, 2.24) is 9.62 Å². The first-order valence-corrected chi connectivity index (χ1v) is 9.93. The molecule has 1 fully saturated rings. The summed E-state index contributed by atoms with van der Waals surface area (Å²) in [5, 5.41) is 2.50. The molecule has 0 aromatic carbocycles. The smallest absolute Gasteiger partial charge is 0.356 e. The van der Waals surface area contributed by atoms with Crippen LogP contribution in [0.15, 0.2) is 16.3 Å². The van der Waals surface area contributed by atoms with E-state index in [0.29, 0.717) is 4.88 Å². The number of sulfonamides is 1. The van der Waals surface area contributed by atoms with Crippen LogP contribution in [0.3, 0.4) is 0 Å². The number of hydrogen-bond acceptors (Lipinski definition) is 4. The van der Waals surface area contributed by atoms with Crippen LogP contribution in [0, 0.1) is 5.41 Å². The van der Waals surface area contributed by atoms with Crippen molar-refractivity contribution in [3.8, 4) is 0 Å². The lowest BCUT2D eigenvalue weighted by molar-refractivity contribution is -0.334. The van der Waals surface area contributed by atoms with Crippen molar-refractivity contribution < 1.29 is 39.6 Å². The van der Waals surface area contributed by atoms with E-state index in [1.165, 1.54) is 13.0 Å². The zero-order chi connectivity index (χ0) is 20.7. The Hall–Kier alpha value is -1.34. The van der Waals surface area contributed by atoms with Crippen molar-refractivity contribution in [1.29, 1.82) is 0 Å².